The number of benzene rings is 2. The topological polar surface area (TPSA) is 49.3 Å². The number of carbonyl (C=O) groups is 1. The highest BCUT2D eigenvalue weighted by atomic mass is 35.5. The molecule has 1 atom stereocenters. The van der Waals surface area contributed by atoms with Crippen LogP contribution in [0, 0.1) is 6.92 Å². The molecule has 0 aromatic heterocycles. The molecule has 0 bridgehead atoms. The molecule has 0 spiro atoms. The molecule has 0 saturated heterocycles. The number of aliphatic hydroxyl groups is 1. The normalized spacial score (nSPS) is 11.9. The van der Waals surface area contributed by atoms with E-state index in [0.29, 0.717) is 10.6 Å². The third-order valence-electron chi connectivity index (χ3n) is 3.15. The number of nitrogens with one attached hydrogen (secondary N) is 1. The van der Waals surface area contributed by atoms with Crippen LogP contribution in [0.3, 0.4) is 0 Å². The number of amides is 1. The van der Waals surface area contributed by atoms with Crippen LogP contribution >= 0.6 is 11.6 Å². The van der Waals surface area contributed by atoms with E-state index in [4.69, 9.17) is 11.6 Å². The average molecular weight is 290 g/mol. The average Bonchev–Trinajstić information content (AvgIpc) is 2.48. The van der Waals surface area contributed by atoms with E-state index in [-0.39, 0.29) is 12.5 Å². The molecule has 20 heavy (non-hydrogen) atoms. The van der Waals surface area contributed by atoms with Gasteiger partial charge in [0.15, 0.2) is 0 Å². The molecule has 2 aromatic carbocycles. The zero-order valence-electron chi connectivity index (χ0n) is 11.1. The molecule has 0 fully saturated rings. The molecule has 0 aliphatic carbocycles. The lowest BCUT2D eigenvalue weighted by atomic mass is 10.1. The molecule has 104 valence electrons. The monoisotopic (exact) mass is 289 g/mol. The molecule has 0 saturated carbocycles. The molecule has 2 rings (SSSR count). The first-order valence-corrected chi connectivity index (χ1v) is 6.73. The van der Waals surface area contributed by atoms with Crippen molar-refractivity contribution < 1.29 is 9.90 Å². The molecule has 4 heteroatoms. The zero-order chi connectivity index (χ0) is 14.5. The van der Waals surface area contributed by atoms with Gasteiger partial charge in [0.2, 0.25) is 0 Å². The lowest BCUT2D eigenvalue weighted by Crippen LogP contribution is -2.28. The van der Waals surface area contributed by atoms with Crippen LogP contribution in [0.15, 0.2) is 48.5 Å². The molecule has 3 nitrogen and oxygen atoms in total. The van der Waals surface area contributed by atoms with E-state index in [1.54, 1.807) is 25.1 Å². The third kappa shape index (κ3) is 3.38. The van der Waals surface area contributed by atoms with Gasteiger partial charge in [0.05, 0.1) is 6.10 Å². The highest BCUT2D eigenvalue weighted by Crippen LogP contribution is 2.19. The summed E-state index contributed by atoms with van der Waals surface area (Å²) < 4.78 is 0. The van der Waals surface area contributed by atoms with Gasteiger partial charge in [-0.3, -0.25) is 4.79 Å². The van der Waals surface area contributed by atoms with Crippen molar-refractivity contribution in [1.29, 1.82) is 0 Å². The van der Waals surface area contributed by atoms with Crippen LogP contribution in [0.5, 0.6) is 0 Å². The van der Waals surface area contributed by atoms with Crippen molar-refractivity contribution in [2.24, 2.45) is 0 Å². The number of rotatable bonds is 4. The predicted octanol–water partition coefficient (Wildman–Crippen LogP) is 3.11. The lowest BCUT2D eigenvalue weighted by molar-refractivity contribution is 0.0915. The molecule has 2 aromatic rings. The highest BCUT2D eigenvalue weighted by molar-refractivity contribution is 6.31. The van der Waals surface area contributed by atoms with Crippen LogP contribution in [-0.4, -0.2) is 17.6 Å². The highest BCUT2D eigenvalue weighted by Gasteiger charge is 2.13. The second kappa shape index (κ2) is 6.55. The second-order valence-electron chi connectivity index (χ2n) is 4.55. The number of hydrogen-bond acceptors (Lipinski definition) is 2. The smallest absolute Gasteiger partial charge is 0.251 e. The van der Waals surface area contributed by atoms with Gasteiger partial charge in [0.1, 0.15) is 0 Å². The first-order valence-electron chi connectivity index (χ1n) is 6.36. The van der Waals surface area contributed by atoms with Crippen LogP contribution in [0.25, 0.3) is 0 Å². The Balaban J connectivity index is 2.01. The van der Waals surface area contributed by atoms with Crippen molar-refractivity contribution in [1.82, 2.24) is 5.32 Å². The summed E-state index contributed by atoms with van der Waals surface area (Å²) in [6.45, 7) is 1.96. The van der Waals surface area contributed by atoms with Crippen molar-refractivity contribution in [3.05, 3.63) is 70.2 Å². The molecule has 0 heterocycles. The molecular weight excluding hydrogens is 274 g/mol. The summed E-state index contributed by atoms with van der Waals surface area (Å²) in [6.07, 6.45) is -0.723. The van der Waals surface area contributed by atoms with Gasteiger partial charge in [-0.05, 0) is 30.2 Å². The van der Waals surface area contributed by atoms with Gasteiger partial charge in [-0.15, -0.1) is 0 Å². The van der Waals surface area contributed by atoms with Gasteiger partial charge < -0.3 is 10.4 Å². The van der Waals surface area contributed by atoms with Gasteiger partial charge in [-0.25, -0.2) is 0 Å². The van der Waals surface area contributed by atoms with Gasteiger partial charge in [-0.1, -0.05) is 48.0 Å². The van der Waals surface area contributed by atoms with Crippen LogP contribution < -0.4 is 5.32 Å². The Kier molecular flexibility index (Phi) is 4.77. The molecule has 0 aliphatic heterocycles. The summed E-state index contributed by atoms with van der Waals surface area (Å²) in [5.74, 6) is -0.236. The first-order chi connectivity index (χ1) is 9.59. The molecule has 0 radical (unpaired) electrons. The summed E-state index contributed by atoms with van der Waals surface area (Å²) in [6, 6.07) is 14.4. The number of hydrogen-bond donors (Lipinski definition) is 2. The van der Waals surface area contributed by atoms with Crippen molar-refractivity contribution in [2.45, 2.75) is 13.0 Å². The minimum Gasteiger partial charge on any atom is -0.387 e. The number of carbonyl (C=O) groups excluding carboxylic acids is 1. The minimum absolute atomic E-state index is 0.162. The Morgan fingerprint density at radius 3 is 2.60 bits per heavy atom. The summed E-state index contributed by atoms with van der Waals surface area (Å²) in [5.41, 5.74) is 2.04. The largest absolute Gasteiger partial charge is 0.387 e. The zero-order valence-corrected chi connectivity index (χ0v) is 11.9. The molecule has 1 amide bonds. The van der Waals surface area contributed by atoms with Gasteiger partial charge in [0, 0.05) is 17.1 Å². The molecule has 0 aliphatic rings. The van der Waals surface area contributed by atoms with Gasteiger partial charge in [0.25, 0.3) is 5.91 Å². The first kappa shape index (κ1) is 14.6. The molecular formula is C16H16ClNO2. The minimum atomic E-state index is -0.723. The second-order valence-corrected chi connectivity index (χ2v) is 4.96. The van der Waals surface area contributed by atoms with Crippen LogP contribution in [-0.2, 0) is 0 Å². The van der Waals surface area contributed by atoms with Crippen molar-refractivity contribution >= 4 is 17.5 Å². The summed E-state index contributed by atoms with van der Waals surface area (Å²) >= 11 is 5.99. The fourth-order valence-electron chi connectivity index (χ4n) is 1.93. The predicted molar refractivity (Wildman–Crippen MR) is 79.9 cm³/mol. The summed E-state index contributed by atoms with van der Waals surface area (Å²) in [4.78, 5) is 12.1. The SMILES string of the molecule is Cc1c(Cl)cccc1C(=O)NCC(O)c1ccccc1. The van der Waals surface area contributed by atoms with Crippen LogP contribution in [0.4, 0.5) is 0 Å². The van der Waals surface area contributed by atoms with Crippen molar-refractivity contribution in [3.8, 4) is 0 Å². The summed E-state index contributed by atoms with van der Waals surface area (Å²) in [7, 11) is 0. The van der Waals surface area contributed by atoms with Gasteiger partial charge in [-0.2, -0.15) is 0 Å². The third-order valence-corrected chi connectivity index (χ3v) is 3.56. The maximum absolute atomic E-state index is 12.1. The maximum atomic E-state index is 12.1. The van der Waals surface area contributed by atoms with E-state index < -0.39 is 6.10 Å². The van der Waals surface area contributed by atoms with E-state index in [0.717, 1.165) is 11.1 Å². The van der Waals surface area contributed by atoms with Crippen molar-refractivity contribution in [3.63, 3.8) is 0 Å². The van der Waals surface area contributed by atoms with E-state index in [1.165, 1.54) is 0 Å². The Labute approximate surface area is 123 Å². The lowest BCUT2D eigenvalue weighted by Gasteiger charge is -2.13. The Morgan fingerprint density at radius 1 is 1.20 bits per heavy atom. The number of aliphatic hydroxyl groups excluding tert-OH is 1. The molecule has 1 unspecified atom stereocenters. The fraction of sp³-hybridized carbons (Fsp3) is 0.188. The fourth-order valence-corrected chi connectivity index (χ4v) is 2.11. The van der Waals surface area contributed by atoms with Crippen LogP contribution in [0.1, 0.15) is 27.6 Å². The maximum Gasteiger partial charge on any atom is 0.251 e. The van der Waals surface area contributed by atoms with E-state index in [9.17, 15) is 9.90 Å². The summed E-state index contributed by atoms with van der Waals surface area (Å²) in [5, 5.41) is 13.3. The Hall–Kier alpha value is -1.84. The van der Waals surface area contributed by atoms with E-state index in [1.807, 2.05) is 30.3 Å². The number of halogens is 1. The molecule has 2 N–H and O–H groups in total. The van der Waals surface area contributed by atoms with Crippen molar-refractivity contribution in [2.75, 3.05) is 6.54 Å². The Bertz CT molecular complexity index is 599. The standard InChI is InChI=1S/C16H16ClNO2/c1-11-13(8-5-9-14(11)17)16(20)18-10-15(19)12-6-3-2-4-7-12/h2-9,15,19H,10H2,1H3,(H,18,20). The Morgan fingerprint density at radius 2 is 1.90 bits per heavy atom. The van der Waals surface area contributed by atoms with E-state index >= 15 is 0 Å². The van der Waals surface area contributed by atoms with Crippen LogP contribution in [0.2, 0.25) is 5.02 Å². The van der Waals surface area contributed by atoms with Gasteiger partial charge >= 0.3 is 0 Å². The quantitative estimate of drug-likeness (QED) is 0.908. The van der Waals surface area contributed by atoms with E-state index in [2.05, 4.69) is 5.32 Å².